The van der Waals surface area contributed by atoms with Crippen LogP contribution >= 0.6 is 0 Å². The molecular weight excluding hydrogens is 370 g/mol. The van der Waals surface area contributed by atoms with Crippen LogP contribution in [-0.4, -0.2) is 59.1 Å². The van der Waals surface area contributed by atoms with Crippen molar-refractivity contribution >= 4 is 0 Å². The van der Waals surface area contributed by atoms with E-state index in [1.54, 1.807) is 26.6 Å². The summed E-state index contributed by atoms with van der Waals surface area (Å²) in [4.78, 5) is 7.05. The molecule has 0 spiro atoms. The number of methoxy groups -OCH3 is 2. The van der Waals surface area contributed by atoms with E-state index in [9.17, 15) is 0 Å². The van der Waals surface area contributed by atoms with Gasteiger partial charge in [-0.2, -0.15) is 15.2 Å². The van der Waals surface area contributed by atoms with Crippen molar-refractivity contribution in [2.24, 2.45) is 0 Å². The lowest BCUT2D eigenvalue weighted by Gasteiger charge is -2.30. The summed E-state index contributed by atoms with van der Waals surface area (Å²) in [5, 5.41) is 11.7. The highest BCUT2D eigenvalue weighted by Crippen LogP contribution is 2.30. The lowest BCUT2D eigenvalue weighted by Crippen LogP contribution is -2.34. The van der Waals surface area contributed by atoms with Crippen LogP contribution in [0, 0.1) is 0 Å². The van der Waals surface area contributed by atoms with E-state index in [2.05, 4.69) is 37.4 Å². The summed E-state index contributed by atoms with van der Waals surface area (Å²) < 4.78 is 16.2. The van der Waals surface area contributed by atoms with Gasteiger partial charge in [-0.15, -0.1) is 0 Å². The molecular formula is C21H25N5O3. The van der Waals surface area contributed by atoms with Gasteiger partial charge < -0.3 is 18.9 Å². The minimum Gasteiger partial charge on any atom is -0.493 e. The van der Waals surface area contributed by atoms with Gasteiger partial charge in [-0.1, -0.05) is 11.2 Å². The van der Waals surface area contributed by atoms with Gasteiger partial charge in [-0.25, -0.2) is 0 Å². The van der Waals surface area contributed by atoms with Crippen LogP contribution in [0.15, 0.2) is 41.2 Å². The van der Waals surface area contributed by atoms with Crippen LogP contribution in [-0.2, 0) is 6.42 Å². The summed E-state index contributed by atoms with van der Waals surface area (Å²) in [7, 11) is 3.32. The maximum Gasteiger partial charge on any atom is 0.230 e. The van der Waals surface area contributed by atoms with Crippen LogP contribution in [0.5, 0.6) is 11.5 Å². The Kier molecular flexibility index (Phi) is 6.00. The number of rotatable bonds is 7. The fraction of sp³-hybridized carbons (Fsp3) is 0.429. The van der Waals surface area contributed by atoms with Crippen molar-refractivity contribution in [3.05, 3.63) is 48.1 Å². The number of aromatic nitrogens is 4. The second-order valence-corrected chi connectivity index (χ2v) is 7.14. The zero-order valence-corrected chi connectivity index (χ0v) is 16.7. The summed E-state index contributed by atoms with van der Waals surface area (Å²) in [6.07, 6.45) is 6.28. The van der Waals surface area contributed by atoms with Gasteiger partial charge in [0.1, 0.15) is 0 Å². The van der Waals surface area contributed by atoms with Gasteiger partial charge in [0.2, 0.25) is 11.7 Å². The van der Waals surface area contributed by atoms with Crippen LogP contribution < -0.4 is 9.47 Å². The van der Waals surface area contributed by atoms with E-state index in [0.29, 0.717) is 11.7 Å². The van der Waals surface area contributed by atoms with E-state index >= 15 is 0 Å². The maximum absolute atomic E-state index is 5.52. The number of hydrogen-bond donors (Lipinski definition) is 0. The molecule has 0 atom stereocenters. The highest BCUT2D eigenvalue weighted by atomic mass is 16.5. The number of nitrogens with zero attached hydrogens (tertiary/aromatic N) is 5. The number of likely N-dealkylation sites (tertiary alicyclic amines) is 1. The van der Waals surface area contributed by atoms with E-state index in [4.69, 9.17) is 14.0 Å². The normalized spacial score (nSPS) is 15.4. The molecule has 152 valence electrons. The minimum atomic E-state index is 0.309. The van der Waals surface area contributed by atoms with E-state index < -0.39 is 0 Å². The second kappa shape index (κ2) is 9.00. The first-order valence-electron chi connectivity index (χ1n) is 9.80. The predicted molar refractivity (Wildman–Crippen MR) is 107 cm³/mol. The molecule has 8 nitrogen and oxygen atoms in total. The Morgan fingerprint density at radius 2 is 1.90 bits per heavy atom. The Balaban J connectivity index is 1.29. The maximum atomic E-state index is 5.52. The standard InChI is InChI=1S/C21H25N5O3/c1-27-18-4-3-15(13-19(18)28-2)6-10-26-11-7-16(8-12-26)21-24-20(25-29-21)17-5-9-22-23-14-17/h3-5,9,13-14,16H,6-8,10-12H2,1-2H3. The van der Waals surface area contributed by atoms with Crippen molar-refractivity contribution in [2.75, 3.05) is 33.9 Å². The molecule has 0 unspecified atom stereocenters. The minimum absolute atomic E-state index is 0.309. The Morgan fingerprint density at radius 1 is 1.07 bits per heavy atom. The number of piperidine rings is 1. The summed E-state index contributed by atoms with van der Waals surface area (Å²) in [5.74, 6) is 3.14. The average Bonchev–Trinajstić information content (AvgIpc) is 3.29. The molecule has 0 bridgehead atoms. The molecule has 8 heteroatoms. The Labute approximate surface area is 169 Å². The molecule has 0 aliphatic carbocycles. The second-order valence-electron chi connectivity index (χ2n) is 7.14. The highest BCUT2D eigenvalue weighted by Gasteiger charge is 2.25. The molecule has 29 heavy (non-hydrogen) atoms. The molecule has 1 aliphatic heterocycles. The first-order chi connectivity index (χ1) is 14.3. The third kappa shape index (κ3) is 4.54. The lowest BCUT2D eigenvalue weighted by atomic mass is 9.96. The van der Waals surface area contributed by atoms with Gasteiger partial charge in [0.25, 0.3) is 0 Å². The van der Waals surface area contributed by atoms with Crippen molar-refractivity contribution in [2.45, 2.75) is 25.2 Å². The van der Waals surface area contributed by atoms with Gasteiger partial charge >= 0.3 is 0 Å². The zero-order valence-electron chi connectivity index (χ0n) is 16.7. The van der Waals surface area contributed by atoms with Crippen molar-refractivity contribution in [3.63, 3.8) is 0 Å². The van der Waals surface area contributed by atoms with Crippen LogP contribution in [0.3, 0.4) is 0 Å². The van der Waals surface area contributed by atoms with Gasteiger partial charge in [0.05, 0.1) is 26.6 Å². The summed E-state index contributed by atoms with van der Waals surface area (Å²) in [5.41, 5.74) is 2.07. The smallest absolute Gasteiger partial charge is 0.230 e. The fourth-order valence-electron chi connectivity index (χ4n) is 3.67. The molecule has 0 N–H and O–H groups in total. The molecule has 0 saturated carbocycles. The van der Waals surface area contributed by atoms with Gasteiger partial charge in [0, 0.05) is 18.0 Å². The third-order valence-electron chi connectivity index (χ3n) is 5.39. The lowest BCUT2D eigenvalue weighted by molar-refractivity contribution is 0.196. The first kappa shape index (κ1) is 19.3. The third-order valence-corrected chi connectivity index (χ3v) is 5.39. The molecule has 0 radical (unpaired) electrons. The first-order valence-corrected chi connectivity index (χ1v) is 9.80. The van der Waals surface area contributed by atoms with Crippen molar-refractivity contribution in [1.82, 2.24) is 25.2 Å². The molecule has 3 heterocycles. The number of hydrogen-bond acceptors (Lipinski definition) is 8. The zero-order chi connectivity index (χ0) is 20.1. The van der Waals surface area contributed by atoms with E-state index in [1.165, 1.54) is 5.56 Å². The molecule has 1 fully saturated rings. The van der Waals surface area contributed by atoms with Crippen LogP contribution in [0.4, 0.5) is 0 Å². The number of ether oxygens (including phenoxy) is 2. The quantitative estimate of drug-likeness (QED) is 0.603. The van der Waals surface area contributed by atoms with Crippen LogP contribution in [0.2, 0.25) is 0 Å². The summed E-state index contributed by atoms with van der Waals surface area (Å²) >= 11 is 0. The van der Waals surface area contributed by atoms with E-state index in [-0.39, 0.29) is 0 Å². The summed E-state index contributed by atoms with van der Waals surface area (Å²) in [6.45, 7) is 3.05. The monoisotopic (exact) mass is 395 g/mol. The largest absolute Gasteiger partial charge is 0.493 e. The SMILES string of the molecule is COc1ccc(CCN2CCC(c3nc(-c4ccnnc4)no3)CC2)cc1OC. The van der Waals surface area contributed by atoms with Crippen molar-refractivity contribution in [1.29, 1.82) is 0 Å². The molecule has 0 amide bonds. The highest BCUT2D eigenvalue weighted by molar-refractivity contribution is 5.51. The van der Waals surface area contributed by atoms with E-state index in [0.717, 1.165) is 61.8 Å². The molecule has 2 aromatic heterocycles. The molecule has 1 saturated heterocycles. The molecule has 4 rings (SSSR count). The summed E-state index contributed by atoms with van der Waals surface area (Å²) in [6, 6.07) is 7.95. The van der Waals surface area contributed by atoms with Crippen molar-refractivity contribution in [3.8, 4) is 22.9 Å². The van der Waals surface area contributed by atoms with Gasteiger partial charge in [-0.05, 0) is 56.1 Å². The average molecular weight is 395 g/mol. The molecule has 1 aromatic carbocycles. The van der Waals surface area contributed by atoms with E-state index in [1.807, 2.05) is 12.1 Å². The van der Waals surface area contributed by atoms with Crippen LogP contribution in [0.1, 0.15) is 30.2 Å². The predicted octanol–water partition coefficient (Wildman–Crippen LogP) is 2.97. The topological polar surface area (TPSA) is 86.4 Å². The van der Waals surface area contributed by atoms with Crippen molar-refractivity contribution < 1.29 is 14.0 Å². The fourth-order valence-corrected chi connectivity index (χ4v) is 3.67. The Bertz CT molecular complexity index is 923. The Morgan fingerprint density at radius 3 is 2.62 bits per heavy atom. The van der Waals surface area contributed by atoms with Gasteiger partial charge in [0.15, 0.2) is 11.5 Å². The number of benzene rings is 1. The van der Waals surface area contributed by atoms with Gasteiger partial charge in [-0.3, -0.25) is 0 Å². The molecule has 3 aromatic rings. The van der Waals surface area contributed by atoms with Crippen LogP contribution in [0.25, 0.3) is 11.4 Å². The Hall–Kier alpha value is -3.00. The molecule has 1 aliphatic rings.